The van der Waals surface area contributed by atoms with Gasteiger partial charge in [-0.1, -0.05) is 241 Å². The maximum absolute atomic E-state index is 13.0. The number of rotatable bonds is 54. The number of hydrogen-bond donors (Lipinski definition) is 4. The molecule has 1 aliphatic heterocycles. The molecule has 1 rings (SSSR count). The molecule has 442 valence electrons. The second kappa shape index (κ2) is 53.2. The van der Waals surface area contributed by atoms with E-state index in [1.54, 1.807) is 0 Å². The van der Waals surface area contributed by atoms with Crippen molar-refractivity contribution < 1.29 is 56.2 Å². The van der Waals surface area contributed by atoms with Gasteiger partial charge in [0.05, 0.1) is 19.8 Å². The van der Waals surface area contributed by atoms with Crippen LogP contribution < -0.4 is 0 Å². The first-order chi connectivity index (χ1) is 37.1. The molecule has 1 heterocycles. The maximum atomic E-state index is 13.0. The van der Waals surface area contributed by atoms with Crippen molar-refractivity contribution >= 4 is 16.4 Å². The first-order valence-electron chi connectivity index (χ1n) is 30.7. The van der Waals surface area contributed by atoms with Crippen molar-refractivity contribution in [3.8, 4) is 0 Å². The lowest BCUT2D eigenvalue weighted by molar-refractivity contribution is -0.301. The van der Waals surface area contributed by atoms with Gasteiger partial charge in [-0.2, -0.15) is 8.42 Å². The van der Waals surface area contributed by atoms with Crippen molar-refractivity contribution in [2.45, 2.75) is 295 Å². The Bertz CT molecular complexity index is 1590. The lowest BCUT2D eigenvalue weighted by Gasteiger charge is -2.41. The minimum Gasteiger partial charge on any atom is -0.457 e. The quantitative estimate of drug-likeness (QED) is 0.0196. The zero-order valence-electron chi connectivity index (χ0n) is 48.1. The highest BCUT2D eigenvalue weighted by molar-refractivity contribution is 7.80. The number of carbonyl (C=O) groups is 1. The Hall–Kier alpha value is -2.46. The molecule has 12 nitrogen and oxygen atoms in total. The molecule has 0 aromatic carbocycles. The second-order valence-electron chi connectivity index (χ2n) is 20.9. The van der Waals surface area contributed by atoms with E-state index in [0.717, 1.165) is 77.0 Å². The Balaban J connectivity index is 2.27. The van der Waals surface area contributed by atoms with Gasteiger partial charge in [-0.15, -0.1) is 0 Å². The minimum absolute atomic E-state index is 0.0330. The van der Waals surface area contributed by atoms with E-state index in [4.69, 9.17) is 18.9 Å². The molecule has 0 amide bonds. The molecule has 6 atom stereocenters. The molecule has 1 fully saturated rings. The van der Waals surface area contributed by atoms with Gasteiger partial charge in [0.1, 0.15) is 30.5 Å². The van der Waals surface area contributed by atoms with Crippen LogP contribution >= 0.6 is 0 Å². The number of allylic oxidation sites excluding steroid dienone is 12. The standard InChI is InChI=1S/C63H112O12S/c1-3-5-7-9-11-13-15-17-19-21-23-25-27-29-30-32-34-36-38-40-42-44-46-48-50-52-59(65)73-57(56-72-63-61(67)62(75-76(68,69)70)60(66)58(54-64)74-63)55-71-53-51-49-47-45-43-41-39-37-35-33-31-28-26-24-22-20-18-16-14-12-10-8-6-4-2/h5,7,11,13,16-19,22-25,57-58,60-64,66-67H,3-4,6,8-10,12,14-15,20-21,26-56H2,1-2H3,(H,68,69,70)/b7-5-,13-11-,18-16-,19-17-,24-22-,25-23-. The van der Waals surface area contributed by atoms with Crippen LogP contribution in [-0.2, 0) is 38.3 Å². The van der Waals surface area contributed by atoms with Crippen LogP contribution in [0.15, 0.2) is 72.9 Å². The molecule has 76 heavy (non-hydrogen) atoms. The number of unbranched alkanes of at least 4 members (excludes halogenated alkanes) is 29. The molecule has 0 aromatic heterocycles. The fraction of sp³-hybridized carbons (Fsp3) is 0.794. The third kappa shape index (κ3) is 45.4. The van der Waals surface area contributed by atoms with Crippen LogP contribution in [0.1, 0.15) is 258 Å². The van der Waals surface area contributed by atoms with Gasteiger partial charge in [0.15, 0.2) is 6.29 Å². The first-order valence-corrected chi connectivity index (χ1v) is 32.1. The van der Waals surface area contributed by atoms with Crippen molar-refractivity contribution in [1.82, 2.24) is 0 Å². The van der Waals surface area contributed by atoms with Crippen LogP contribution in [0, 0.1) is 0 Å². The van der Waals surface area contributed by atoms with Gasteiger partial charge < -0.3 is 34.3 Å². The third-order valence-corrected chi connectivity index (χ3v) is 14.3. The average Bonchev–Trinajstić information content (AvgIpc) is 3.40. The zero-order valence-corrected chi connectivity index (χ0v) is 48.9. The molecule has 1 aliphatic rings. The summed E-state index contributed by atoms with van der Waals surface area (Å²) in [6.45, 7) is 3.90. The van der Waals surface area contributed by atoms with Crippen molar-refractivity contribution in [3.05, 3.63) is 72.9 Å². The van der Waals surface area contributed by atoms with Crippen LogP contribution in [0.2, 0.25) is 0 Å². The predicted octanol–water partition coefficient (Wildman–Crippen LogP) is 15.8. The monoisotopic (exact) mass is 1090 g/mol. The number of aliphatic hydroxyl groups is 3. The third-order valence-electron chi connectivity index (χ3n) is 13.8. The molecular formula is C63H112O12S. The zero-order chi connectivity index (χ0) is 55.3. The van der Waals surface area contributed by atoms with E-state index >= 15 is 0 Å². The van der Waals surface area contributed by atoms with E-state index in [1.807, 2.05) is 0 Å². The molecule has 0 radical (unpaired) electrons. The summed E-state index contributed by atoms with van der Waals surface area (Å²) in [6.07, 6.45) is 62.2. The molecule has 1 saturated heterocycles. The van der Waals surface area contributed by atoms with Crippen LogP contribution in [0.3, 0.4) is 0 Å². The molecule has 13 heteroatoms. The van der Waals surface area contributed by atoms with Crippen molar-refractivity contribution in [3.63, 3.8) is 0 Å². The van der Waals surface area contributed by atoms with E-state index in [-0.39, 0.29) is 19.6 Å². The molecule has 6 unspecified atom stereocenters. The number of carbonyl (C=O) groups excluding carboxylic acids is 1. The number of esters is 1. The van der Waals surface area contributed by atoms with Gasteiger partial charge in [-0.25, -0.2) is 4.18 Å². The predicted molar refractivity (Wildman–Crippen MR) is 312 cm³/mol. The van der Waals surface area contributed by atoms with Gasteiger partial charge in [0.2, 0.25) is 0 Å². The van der Waals surface area contributed by atoms with Gasteiger partial charge >= 0.3 is 16.4 Å². The van der Waals surface area contributed by atoms with E-state index in [0.29, 0.717) is 13.0 Å². The lowest BCUT2D eigenvalue weighted by atomic mass is 9.99. The van der Waals surface area contributed by atoms with Crippen LogP contribution in [-0.4, -0.2) is 97.5 Å². The van der Waals surface area contributed by atoms with Gasteiger partial charge in [0, 0.05) is 13.0 Å². The number of hydrogen-bond acceptors (Lipinski definition) is 11. The molecule has 0 aliphatic carbocycles. The largest absolute Gasteiger partial charge is 0.457 e. The Morgan fingerprint density at radius 1 is 0.513 bits per heavy atom. The summed E-state index contributed by atoms with van der Waals surface area (Å²) in [5.74, 6) is -0.401. The number of aliphatic hydroxyl groups excluding tert-OH is 3. The van der Waals surface area contributed by atoms with Crippen molar-refractivity contribution in [1.29, 1.82) is 0 Å². The van der Waals surface area contributed by atoms with Gasteiger partial charge in [-0.3, -0.25) is 9.35 Å². The van der Waals surface area contributed by atoms with Crippen LogP contribution in [0.25, 0.3) is 0 Å². The fourth-order valence-corrected chi connectivity index (χ4v) is 9.73. The highest BCUT2D eigenvalue weighted by atomic mass is 32.3. The molecule has 0 bridgehead atoms. The Kier molecular flexibility index (Phi) is 50.1. The summed E-state index contributed by atoms with van der Waals surface area (Å²) < 4.78 is 59.5. The molecule has 0 spiro atoms. The SMILES string of the molecule is CC/C=C\C/C=C\C/C=C\C/C=C\CCCCCCCCCCCCCCC(=O)OC(COCCCCCCCCCCCCCC/C=C\C/C=C\CCCCCCC)COC1OC(CO)C(O)C(OS(=O)(=O)O)C1O. The summed E-state index contributed by atoms with van der Waals surface area (Å²) in [5, 5.41) is 30.9. The maximum Gasteiger partial charge on any atom is 0.397 e. The van der Waals surface area contributed by atoms with Gasteiger partial charge in [0.25, 0.3) is 0 Å². The molecule has 4 N–H and O–H groups in total. The normalized spacial score (nSPS) is 19.1. The number of ether oxygens (including phenoxy) is 4. The molecule has 0 saturated carbocycles. The fourth-order valence-electron chi connectivity index (χ4n) is 9.23. The smallest absolute Gasteiger partial charge is 0.397 e. The average molecular weight is 1090 g/mol. The summed E-state index contributed by atoms with van der Waals surface area (Å²) in [6, 6.07) is 0. The first kappa shape index (κ1) is 71.6. The molecule has 0 aromatic rings. The summed E-state index contributed by atoms with van der Waals surface area (Å²) in [7, 11) is -5.07. The summed E-state index contributed by atoms with van der Waals surface area (Å²) in [5.41, 5.74) is 0. The van der Waals surface area contributed by atoms with E-state index in [1.165, 1.54) is 154 Å². The summed E-state index contributed by atoms with van der Waals surface area (Å²) >= 11 is 0. The second-order valence-corrected chi connectivity index (χ2v) is 22.0. The van der Waals surface area contributed by atoms with Crippen molar-refractivity contribution in [2.75, 3.05) is 26.4 Å². The van der Waals surface area contributed by atoms with E-state index in [2.05, 4.69) is 90.9 Å². The highest BCUT2D eigenvalue weighted by Gasteiger charge is 2.48. The molecular weight excluding hydrogens is 981 g/mol. The Morgan fingerprint density at radius 3 is 1.33 bits per heavy atom. The van der Waals surface area contributed by atoms with Crippen LogP contribution in [0.4, 0.5) is 0 Å². The lowest BCUT2D eigenvalue weighted by Crippen LogP contribution is -2.60. The Morgan fingerprint density at radius 2 is 0.908 bits per heavy atom. The topological polar surface area (TPSA) is 178 Å². The highest BCUT2D eigenvalue weighted by Crippen LogP contribution is 2.26. The van der Waals surface area contributed by atoms with E-state index < -0.39 is 59.8 Å². The van der Waals surface area contributed by atoms with E-state index in [9.17, 15) is 33.1 Å². The Labute approximate surface area is 464 Å². The van der Waals surface area contributed by atoms with Crippen LogP contribution in [0.5, 0.6) is 0 Å². The van der Waals surface area contributed by atoms with Crippen molar-refractivity contribution in [2.24, 2.45) is 0 Å². The van der Waals surface area contributed by atoms with Gasteiger partial charge in [-0.05, 0) is 83.5 Å². The summed E-state index contributed by atoms with van der Waals surface area (Å²) in [4.78, 5) is 13.0. The minimum atomic E-state index is -5.07.